The van der Waals surface area contributed by atoms with Gasteiger partial charge in [-0.2, -0.15) is 0 Å². The average Bonchev–Trinajstić information content (AvgIpc) is 2.54. The minimum Gasteiger partial charge on any atom is -0.261 e. The van der Waals surface area contributed by atoms with Crippen molar-refractivity contribution >= 4 is 0 Å². The molecule has 0 spiro atoms. The Balaban J connectivity index is 2.23. The summed E-state index contributed by atoms with van der Waals surface area (Å²) in [5.74, 6) is 1.51. The highest BCUT2D eigenvalue weighted by Crippen LogP contribution is 2.63. The summed E-state index contributed by atoms with van der Waals surface area (Å²) in [6, 6.07) is 4.35. The van der Waals surface area contributed by atoms with E-state index in [-0.39, 0.29) is 0 Å². The van der Waals surface area contributed by atoms with Crippen molar-refractivity contribution in [2.24, 2.45) is 5.41 Å². The molecule has 3 rings (SSSR count). The van der Waals surface area contributed by atoms with Crippen LogP contribution in [0.4, 0.5) is 0 Å². The smallest absolute Gasteiger partial charge is 0.0475 e. The monoisotopic (exact) mass is 173 g/mol. The lowest BCUT2D eigenvalue weighted by molar-refractivity contribution is 0.323. The van der Waals surface area contributed by atoms with E-state index in [2.05, 4.69) is 31.0 Å². The zero-order valence-corrected chi connectivity index (χ0v) is 8.25. The molecule has 1 saturated carbocycles. The maximum atomic E-state index is 4.54. The molecule has 0 aromatic carbocycles. The molecule has 1 aromatic rings. The molecule has 2 aliphatic rings. The van der Waals surface area contributed by atoms with Gasteiger partial charge in [-0.05, 0) is 35.8 Å². The van der Waals surface area contributed by atoms with Crippen LogP contribution in [0.15, 0.2) is 18.3 Å². The maximum absolute atomic E-state index is 4.54. The Hall–Kier alpha value is -0.850. The van der Waals surface area contributed by atoms with Crippen LogP contribution in [-0.4, -0.2) is 4.98 Å². The molecule has 1 heterocycles. The molecule has 1 nitrogen and oxygen atoms in total. The van der Waals surface area contributed by atoms with Crippen LogP contribution in [0.3, 0.4) is 0 Å². The van der Waals surface area contributed by atoms with E-state index in [0.29, 0.717) is 5.41 Å². The molecule has 2 atom stereocenters. The lowest BCUT2D eigenvalue weighted by Gasteiger charge is -2.23. The Morgan fingerprint density at radius 3 is 2.85 bits per heavy atom. The van der Waals surface area contributed by atoms with E-state index in [1.165, 1.54) is 24.1 Å². The molecule has 0 amide bonds. The summed E-state index contributed by atoms with van der Waals surface area (Å²) >= 11 is 0. The van der Waals surface area contributed by atoms with Crippen molar-refractivity contribution < 1.29 is 0 Å². The van der Waals surface area contributed by atoms with Gasteiger partial charge < -0.3 is 0 Å². The van der Waals surface area contributed by atoms with Crippen LogP contribution in [0.1, 0.15) is 49.8 Å². The van der Waals surface area contributed by atoms with E-state index in [1.54, 1.807) is 0 Å². The van der Waals surface area contributed by atoms with Gasteiger partial charge in [0.05, 0.1) is 0 Å². The number of pyridine rings is 1. The molecule has 1 aromatic heterocycles. The van der Waals surface area contributed by atoms with Crippen LogP contribution in [0.25, 0.3) is 0 Å². The second-order valence-electron chi connectivity index (χ2n) is 4.98. The summed E-state index contributed by atoms with van der Waals surface area (Å²) in [7, 11) is 0. The molecular weight excluding hydrogens is 158 g/mol. The first-order valence-corrected chi connectivity index (χ1v) is 5.16. The number of hydrogen-bond donors (Lipinski definition) is 0. The fourth-order valence-electron chi connectivity index (χ4n) is 3.38. The van der Waals surface area contributed by atoms with Crippen molar-refractivity contribution in [1.82, 2.24) is 4.98 Å². The SMILES string of the molecule is CC1(C)C2CCC1c1ncccc12. The third kappa shape index (κ3) is 0.756. The molecule has 0 N–H and O–H groups in total. The summed E-state index contributed by atoms with van der Waals surface area (Å²) in [6.07, 6.45) is 4.66. The van der Waals surface area contributed by atoms with Gasteiger partial charge in [0, 0.05) is 17.8 Å². The topological polar surface area (TPSA) is 12.9 Å². The van der Waals surface area contributed by atoms with Crippen LogP contribution >= 0.6 is 0 Å². The van der Waals surface area contributed by atoms with Gasteiger partial charge in [-0.1, -0.05) is 19.9 Å². The van der Waals surface area contributed by atoms with Gasteiger partial charge in [0.25, 0.3) is 0 Å². The quantitative estimate of drug-likeness (QED) is 0.587. The molecule has 13 heavy (non-hydrogen) atoms. The van der Waals surface area contributed by atoms with Gasteiger partial charge in [-0.15, -0.1) is 0 Å². The normalized spacial score (nSPS) is 33.4. The molecule has 0 radical (unpaired) electrons. The fraction of sp³-hybridized carbons (Fsp3) is 0.583. The Bertz CT molecular complexity index is 321. The average molecular weight is 173 g/mol. The third-order valence-electron chi connectivity index (χ3n) is 4.12. The maximum Gasteiger partial charge on any atom is 0.0475 e. The zero-order valence-electron chi connectivity index (χ0n) is 8.25. The number of nitrogens with zero attached hydrogens (tertiary/aromatic N) is 1. The van der Waals surface area contributed by atoms with Crippen molar-refractivity contribution in [3.05, 3.63) is 29.6 Å². The fourth-order valence-corrected chi connectivity index (χ4v) is 3.38. The van der Waals surface area contributed by atoms with Crippen molar-refractivity contribution in [1.29, 1.82) is 0 Å². The van der Waals surface area contributed by atoms with Crippen molar-refractivity contribution in [3.63, 3.8) is 0 Å². The predicted octanol–water partition coefficient (Wildman–Crippen LogP) is 3.08. The van der Waals surface area contributed by atoms with Crippen molar-refractivity contribution in [2.75, 3.05) is 0 Å². The minimum atomic E-state index is 0.469. The second kappa shape index (κ2) is 2.14. The Morgan fingerprint density at radius 2 is 2.08 bits per heavy atom. The lowest BCUT2D eigenvalue weighted by atomic mass is 9.80. The number of fused-ring (bicyclic) bond motifs is 5. The molecule has 1 fully saturated rings. The third-order valence-corrected chi connectivity index (χ3v) is 4.12. The van der Waals surface area contributed by atoms with Gasteiger partial charge in [-0.25, -0.2) is 0 Å². The molecule has 2 aliphatic carbocycles. The minimum absolute atomic E-state index is 0.469. The molecule has 0 aliphatic heterocycles. The molecule has 68 valence electrons. The number of hydrogen-bond acceptors (Lipinski definition) is 1. The van der Waals surface area contributed by atoms with Crippen LogP contribution in [0.5, 0.6) is 0 Å². The standard InChI is InChI=1S/C12H15N/c1-12(2)9-5-6-10(12)11-8(9)4-3-7-13-11/h3-4,7,9-10H,5-6H2,1-2H3. The highest BCUT2D eigenvalue weighted by atomic mass is 14.7. The zero-order chi connectivity index (χ0) is 9.05. The first-order chi connectivity index (χ1) is 6.21. The molecule has 2 bridgehead atoms. The summed E-state index contributed by atoms with van der Waals surface area (Å²) in [4.78, 5) is 4.54. The van der Waals surface area contributed by atoms with E-state index in [4.69, 9.17) is 0 Å². The lowest BCUT2D eigenvalue weighted by Crippen LogP contribution is -2.14. The van der Waals surface area contributed by atoms with E-state index in [9.17, 15) is 0 Å². The Labute approximate surface area is 79.2 Å². The Kier molecular flexibility index (Phi) is 1.24. The molecule has 1 heteroatoms. The van der Waals surface area contributed by atoms with Crippen LogP contribution in [-0.2, 0) is 0 Å². The van der Waals surface area contributed by atoms with Gasteiger partial charge in [0.1, 0.15) is 0 Å². The highest BCUT2D eigenvalue weighted by Gasteiger charge is 2.51. The summed E-state index contributed by atoms with van der Waals surface area (Å²) in [6.45, 7) is 4.80. The van der Waals surface area contributed by atoms with Crippen LogP contribution in [0.2, 0.25) is 0 Å². The molecular formula is C12H15N. The largest absolute Gasteiger partial charge is 0.261 e. The first kappa shape index (κ1) is 7.54. The van der Waals surface area contributed by atoms with Crippen LogP contribution in [0, 0.1) is 5.41 Å². The van der Waals surface area contributed by atoms with Gasteiger partial charge in [-0.3, -0.25) is 4.98 Å². The van der Waals surface area contributed by atoms with E-state index in [1.807, 2.05) is 6.20 Å². The number of aromatic nitrogens is 1. The van der Waals surface area contributed by atoms with Gasteiger partial charge in [0.15, 0.2) is 0 Å². The van der Waals surface area contributed by atoms with Gasteiger partial charge in [0.2, 0.25) is 0 Å². The van der Waals surface area contributed by atoms with E-state index >= 15 is 0 Å². The Morgan fingerprint density at radius 1 is 1.31 bits per heavy atom. The highest BCUT2D eigenvalue weighted by molar-refractivity contribution is 5.40. The summed E-state index contributed by atoms with van der Waals surface area (Å²) in [5.41, 5.74) is 3.39. The van der Waals surface area contributed by atoms with E-state index < -0.39 is 0 Å². The molecule has 2 unspecified atom stereocenters. The van der Waals surface area contributed by atoms with E-state index in [0.717, 1.165) is 11.8 Å². The second-order valence-corrected chi connectivity index (χ2v) is 4.98. The van der Waals surface area contributed by atoms with Crippen molar-refractivity contribution in [2.45, 2.75) is 38.5 Å². The first-order valence-electron chi connectivity index (χ1n) is 5.16. The summed E-state index contributed by atoms with van der Waals surface area (Å²) < 4.78 is 0. The summed E-state index contributed by atoms with van der Waals surface area (Å²) in [5, 5.41) is 0. The van der Waals surface area contributed by atoms with Crippen LogP contribution < -0.4 is 0 Å². The molecule has 0 saturated heterocycles. The number of rotatable bonds is 0. The van der Waals surface area contributed by atoms with Gasteiger partial charge >= 0.3 is 0 Å². The van der Waals surface area contributed by atoms with Crippen molar-refractivity contribution in [3.8, 4) is 0 Å². The predicted molar refractivity (Wildman–Crippen MR) is 52.7 cm³/mol.